The highest BCUT2D eigenvalue weighted by Gasteiger charge is 2.34. The highest BCUT2D eigenvalue weighted by atomic mass is 32.2. The lowest BCUT2D eigenvalue weighted by molar-refractivity contribution is 0.0304. The largest absolute Gasteiger partial charge is 0.371 e. The lowest BCUT2D eigenvalue weighted by Gasteiger charge is -2.37. The average molecular weight is 487 g/mol. The Hall–Kier alpha value is -2.56. The van der Waals surface area contributed by atoms with Crippen LogP contribution in [0.25, 0.3) is 0 Å². The lowest BCUT2D eigenvalue weighted by Crippen LogP contribution is -2.49. The Morgan fingerprint density at radius 1 is 1.18 bits per heavy atom. The zero-order chi connectivity index (χ0) is 23.9. The number of benzene rings is 1. The number of carbonyl (C=O) groups excluding carboxylic acids is 1. The molecule has 1 N–H and O–H groups in total. The molecule has 0 aliphatic carbocycles. The van der Waals surface area contributed by atoms with Crippen LogP contribution in [0.15, 0.2) is 30.5 Å². The predicted octanol–water partition coefficient (Wildman–Crippen LogP) is 2.02. The van der Waals surface area contributed by atoms with E-state index in [1.54, 1.807) is 12.3 Å². The topological polar surface area (TPSA) is 82.9 Å². The van der Waals surface area contributed by atoms with Gasteiger partial charge in [0.1, 0.15) is 0 Å². The second-order valence-corrected chi connectivity index (χ2v) is 12.0. The highest BCUT2D eigenvalue weighted by molar-refractivity contribution is 8.00. The molecule has 1 aromatic carbocycles. The van der Waals surface area contributed by atoms with E-state index in [1.165, 1.54) is 40.6 Å². The minimum absolute atomic E-state index is 0.167. The number of hydrogen-bond acceptors (Lipinski definition) is 6. The SMILES string of the molecule is C=S(C)(=O)Nc1ccn(C(=O)N2CCN(Cc3ccc(C)cc3N3CC4CCC(C3)O4)CC2)n1. The molecular weight excluding hydrogens is 452 g/mol. The Morgan fingerprint density at radius 3 is 2.56 bits per heavy atom. The number of morpholine rings is 1. The van der Waals surface area contributed by atoms with Crippen molar-refractivity contribution in [1.29, 1.82) is 0 Å². The maximum absolute atomic E-state index is 12.9. The number of nitrogens with zero attached hydrogens (tertiary/aromatic N) is 5. The molecular formula is C24H34N6O3S. The number of anilines is 2. The van der Waals surface area contributed by atoms with Crippen LogP contribution in [0.1, 0.15) is 24.0 Å². The van der Waals surface area contributed by atoms with Crippen LogP contribution in [-0.4, -0.2) is 93.4 Å². The Labute approximate surface area is 201 Å². The Morgan fingerprint density at radius 2 is 1.88 bits per heavy atom. The molecule has 9 nitrogen and oxygen atoms in total. The van der Waals surface area contributed by atoms with Crippen LogP contribution in [0.3, 0.4) is 0 Å². The van der Waals surface area contributed by atoms with Crippen LogP contribution in [-0.2, 0) is 21.0 Å². The normalized spacial score (nSPS) is 24.8. The molecule has 1 aromatic heterocycles. The molecule has 3 unspecified atom stereocenters. The number of nitrogens with one attached hydrogen (secondary N) is 1. The first kappa shape index (κ1) is 23.2. The first-order chi connectivity index (χ1) is 16.2. The minimum Gasteiger partial charge on any atom is -0.371 e. The van der Waals surface area contributed by atoms with Gasteiger partial charge in [-0.1, -0.05) is 12.1 Å². The van der Waals surface area contributed by atoms with Gasteiger partial charge in [0, 0.05) is 79.7 Å². The third-order valence-electron chi connectivity index (χ3n) is 6.77. The second kappa shape index (κ2) is 9.24. The monoisotopic (exact) mass is 486 g/mol. The van der Waals surface area contributed by atoms with Gasteiger partial charge in [0.2, 0.25) is 0 Å². The van der Waals surface area contributed by atoms with Gasteiger partial charge in [-0.15, -0.1) is 5.10 Å². The van der Waals surface area contributed by atoms with Crippen LogP contribution >= 0.6 is 0 Å². The highest BCUT2D eigenvalue weighted by Crippen LogP contribution is 2.32. The maximum Gasteiger partial charge on any atom is 0.344 e. The molecule has 3 aliphatic rings. The molecule has 3 saturated heterocycles. The number of amides is 1. The van der Waals surface area contributed by atoms with E-state index in [2.05, 4.69) is 50.6 Å². The smallest absolute Gasteiger partial charge is 0.344 e. The van der Waals surface area contributed by atoms with Gasteiger partial charge in [-0.25, -0.2) is 9.00 Å². The maximum atomic E-state index is 12.9. The van der Waals surface area contributed by atoms with E-state index in [4.69, 9.17) is 4.74 Å². The predicted molar refractivity (Wildman–Crippen MR) is 136 cm³/mol. The summed E-state index contributed by atoms with van der Waals surface area (Å²) in [4.78, 5) is 19.6. The van der Waals surface area contributed by atoms with E-state index in [0.717, 1.165) is 32.7 Å². The van der Waals surface area contributed by atoms with Crippen LogP contribution in [0.2, 0.25) is 0 Å². The van der Waals surface area contributed by atoms with Crippen molar-refractivity contribution in [3.63, 3.8) is 0 Å². The summed E-state index contributed by atoms with van der Waals surface area (Å²) in [6.07, 6.45) is 6.14. The molecule has 2 aromatic rings. The van der Waals surface area contributed by atoms with E-state index in [1.807, 2.05) is 4.90 Å². The standard InChI is InChI=1S/C24H34N6O3S/c1-18-4-5-19(22(14-18)29-16-20-6-7-21(17-29)33-20)15-27-10-12-28(13-11-27)24(31)30-9-8-23(25-30)26-34(2,3)32/h4-5,8-9,14,20-21H,2,6-7,10-13,15-17H2,1,3H3,(H,25,26,32). The van der Waals surface area contributed by atoms with Gasteiger partial charge in [0.25, 0.3) is 0 Å². The van der Waals surface area contributed by atoms with E-state index in [-0.39, 0.29) is 6.03 Å². The van der Waals surface area contributed by atoms with Crippen molar-refractivity contribution < 1.29 is 13.7 Å². The molecule has 0 saturated carbocycles. The minimum atomic E-state index is -2.44. The average Bonchev–Trinajstić information content (AvgIpc) is 3.39. The summed E-state index contributed by atoms with van der Waals surface area (Å²) in [6.45, 7) is 7.86. The Kier molecular flexibility index (Phi) is 6.30. The van der Waals surface area contributed by atoms with E-state index >= 15 is 0 Å². The van der Waals surface area contributed by atoms with E-state index < -0.39 is 9.71 Å². The molecule has 3 atom stereocenters. The van der Waals surface area contributed by atoms with Gasteiger partial charge >= 0.3 is 6.03 Å². The van der Waals surface area contributed by atoms with Gasteiger partial charge in [0.05, 0.1) is 12.2 Å². The summed E-state index contributed by atoms with van der Waals surface area (Å²) < 4.78 is 21.9. The number of rotatable bonds is 5. The summed E-state index contributed by atoms with van der Waals surface area (Å²) in [5.74, 6) is 3.95. The van der Waals surface area contributed by atoms with Crippen LogP contribution < -0.4 is 9.62 Å². The summed E-state index contributed by atoms with van der Waals surface area (Å²) in [5, 5.41) is 4.21. The Bertz CT molecular complexity index is 1140. The van der Waals surface area contributed by atoms with Crippen molar-refractivity contribution in [3.8, 4) is 0 Å². The molecule has 0 spiro atoms. The summed E-state index contributed by atoms with van der Waals surface area (Å²) >= 11 is 0. The number of piperazine rings is 1. The van der Waals surface area contributed by atoms with Gasteiger partial charge in [-0.2, -0.15) is 4.68 Å². The van der Waals surface area contributed by atoms with Crippen molar-refractivity contribution in [1.82, 2.24) is 19.6 Å². The number of hydrogen-bond donors (Lipinski definition) is 1. The van der Waals surface area contributed by atoms with E-state index in [0.29, 0.717) is 31.1 Å². The molecule has 184 valence electrons. The first-order valence-electron chi connectivity index (χ1n) is 11.9. The summed E-state index contributed by atoms with van der Waals surface area (Å²) in [6, 6.07) is 8.23. The van der Waals surface area contributed by atoms with Crippen LogP contribution in [0.4, 0.5) is 16.3 Å². The number of aromatic nitrogens is 2. The van der Waals surface area contributed by atoms with Gasteiger partial charge in [-0.05, 0) is 42.8 Å². The van der Waals surface area contributed by atoms with Gasteiger partial charge in [-0.3, -0.25) is 9.62 Å². The fourth-order valence-electron chi connectivity index (χ4n) is 5.10. The Balaban J connectivity index is 1.20. The number of fused-ring (bicyclic) bond motifs is 2. The first-order valence-corrected chi connectivity index (χ1v) is 14.0. The van der Waals surface area contributed by atoms with Crippen LogP contribution in [0, 0.1) is 6.92 Å². The third kappa shape index (κ3) is 5.24. The molecule has 4 heterocycles. The van der Waals surface area contributed by atoms with Crippen molar-refractivity contribution >= 4 is 33.1 Å². The summed E-state index contributed by atoms with van der Waals surface area (Å²) in [7, 11) is -2.44. The number of aryl methyl sites for hydroxylation is 1. The summed E-state index contributed by atoms with van der Waals surface area (Å²) in [5.41, 5.74) is 3.94. The van der Waals surface area contributed by atoms with Crippen LogP contribution in [0.5, 0.6) is 0 Å². The quantitative estimate of drug-likeness (QED) is 0.651. The van der Waals surface area contributed by atoms with Gasteiger partial charge in [0.15, 0.2) is 5.82 Å². The zero-order valence-corrected chi connectivity index (χ0v) is 20.8. The molecule has 10 heteroatoms. The fraction of sp³-hybridized carbons (Fsp3) is 0.542. The van der Waals surface area contributed by atoms with Crippen molar-refractivity contribution in [2.45, 2.75) is 38.5 Å². The molecule has 3 aliphatic heterocycles. The van der Waals surface area contributed by atoms with Crippen molar-refractivity contribution in [2.75, 3.05) is 55.1 Å². The lowest BCUT2D eigenvalue weighted by atomic mass is 10.1. The fourth-order valence-corrected chi connectivity index (χ4v) is 5.65. The van der Waals surface area contributed by atoms with E-state index in [9.17, 15) is 9.00 Å². The number of carbonyl (C=O) groups is 1. The third-order valence-corrected chi connectivity index (χ3v) is 7.41. The number of ether oxygens (including phenoxy) is 1. The second-order valence-electron chi connectivity index (χ2n) is 9.79. The van der Waals surface area contributed by atoms with Gasteiger partial charge < -0.3 is 14.5 Å². The zero-order valence-electron chi connectivity index (χ0n) is 20.0. The molecule has 2 bridgehead atoms. The van der Waals surface area contributed by atoms with Crippen molar-refractivity contribution in [2.24, 2.45) is 0 Å². The molecule has 0 radical (unpaired) electrons. The molecule has 34 heavy (non-hydrogen) atoms. The van der Waals surface area contributed by atoms with Crippen molar-refractivity contribution in [3.05, 3.63) is 41.6 Å². The molecule has 1 amide bonds. The molecule has 5 rings (SSSR count). The molecule has 3 fully saturated rings.